The van der Waals surface area contributed by atoms with Crippen LogP contribution >= 0.6 is 11.6 Å². The molecule has 3 nitrogen and oxygen atoms in total. The van der Waals surface area contributed by atoms with Crippen LogP contribution in [0.2, 0.25) is 5.02 Å². The molecule has 0 atom stereocenters. The Morgan fingerprint density at radius 2 is 2.06 bits per heavy atom. The predicted octanol–water partition coefficient (Wildman–Crippen LogP) is 2.38. The zero-order chi connectivity index (χ0) is 11.8. The smallest absolute Gasteiger partial charge is 0.302 e. The van der Waals surface area contributed by atoms with Gasteiger partial charge in [-0.3, -0.25) is 4.79 Å². The lowest BCUT2D eigenvalue weighted by Gasteiger charge is -2.05. The first kappa shape index (κ1) is 13.0. The number of rotatable bonds is 6. The van der Waals surface area contributed by atoms with Gasteiger partial charge in [-0.15, -0.1) is 0 Å². The van der Waals surface area contributed by atoms with Crippen molar-refractivity contribution in [1.29, 1.82) is 0 Å². The van der Waals surface area contributed by atoms with Crippen molar-refractivity contribution in [3.8, 4) is 0 Å². The van der Waals surface area contributed by atoms with Gasteiger partial charge in [-0.1, -0.05) is 23.7 Å². The molecule has 0 saturated heterocycles. The molecule has 4 heteroatoms. The van der Waals surface area contributed by atoms with Crippen molar-refractivity contribution in [1.82, 2.24) is 5.32 Å². The molecule has 1 aromatic rings. The summed E-state index contributed by atoms with van der Waals surface area (Å²) in [6.45, 7) is 3.53. The monoisotopic (exact) mass is 241 g/mol. The van der Waals surface area contributed by atoms with Gasteiger partial charge in [0.1, 0.15) is 0 Å². The molecule has 0 radical (unpaired) electrons. The summed E-state index contributed by atoms with van der Waals surface area (Å²) in [6.07, 6.45) is 0.827. The minimum absolute atomic E-state index is 0.224. The van der Waals surface area contributed by atoms with Crippen molar-refractivity contribution in [2.45, 2.75) is 19.9 Å². The van der Waals surface area contributed by atoms with Gasteiger partial charge in [0.25, 0.3) is 0 Å². The SMILES string of the molecule is CC(=O)OCCCNCc1ccc(Cl)cc1. The van der Waals surface area contributed by atoms with E-state index in [0.717, 1.165) is 24.5 Å². The van der Waals surface area contributed by atoms with Gasteiger partial charge in [0, 0.05) is 18.5 Å². The lowest BCUT2D eigenvalue weighted by molar-refractivity contribution is -0.141. The Kier molecular flexibility index (Phi) is 5.90. The fraction of sp³-hybridized carbons (Fsp3) is 0.417. The minimum Gasteiger partial charge on any atom is -0.466 e. The summed E-state index contributed by atoms with van der Waals surface area (Å²) in [5.41, 5.74) is 1.19. The maximum absolute atomic E-state index is 10.5. The van der Waals surface area contributed by atoms with Crippen LogP contribution in [0.3, 0.4) is 0 Å². The molecular formula is C12H16ClNO2. The molecule has 0 bridgehead atoms. The highest BCUT2D eigenvalue weighted by atomic mass is 35.5. The standard InChI is InChI=1S/C12H16ClNO2/c1-10(15)16-8-2-7-14-9-11-3-5-12(13)6-4-11/h3-6,14H,2,7-9H2,1H3. The maximum atomic E-state index is 10.5. The number of halogens is 1. The Balaban J connectivity index is 2.07. The van der Waals surface area contributed by atoms with E-state index < -0.39 is 0 Å². The summed E-state index contributed by atoms with van der Waals surface area (Å²) < 4.78 is 4.81. The first-order valence-electron chi connectivity index (χ1n) is 5.27. The quantitative estimate of drug-likeness (QED) is 0.614. The number of benzene rings is 1. The van der Waals surface area contributed by atoms with Crippen LogP contribution in [-0.2, 0) is 16.1 Å². The topological polar surface area (TPSA) is 38.3 Å². The molecule has 0 saturated carbocycles. The van der Waals surface area contributed by atoms with E-state index in [1.54, 1.807) is 0 Å². The van der Waals surface area contributed by atoms with Crippen molar-refractivity contribution in [3.05, 3.63) is 34.9 Å². The molecule has 0 aromatic heterocycles. The number of ether oxygens (including phenoxy) is 1. The highest BCUT2D eigenvalue weighted by molar-refractivity contribution is 6.30. The molecule has 0 unspecified atom stereocenters. The van der Waals surface area contributed by atoms with E-state index in [-0.39, 0.29) is 5.97 Å². The molecule has 16 heavy (non-hydrogen) atoms. The Morgan fingerprint density at radius 1 is 1.38 bits per heavy atom. The first-order valence-corrected chi connectivity index (χ1v) is 5.65. The summed E-state index contributed by atoms with van der Waals surface area (Å²) in [4.78, 5) is 10.5. The molecule has 0 aliphatic carbocycles. The van der Waals surface area contributed by atoms with Gasteiger partial charge in [0.2, 0.25) is 0 Å². The number of carbonyl (C=O) groups excluding carboxylic acids is 1. The molecule has 0 aliphatic heterocycles. The van der Waals surface area contributed by atoms with Gasteiger partial charge < -0.3 is 10.1 Å². The van der Waals surface area contributed by atoms with Crippen LogP contribution in [0.25, 0.3) is 0 Å². The number of nitrogens with one attached hydrogen (secondary N) is 1. The average Bonchev–Trinajstić information content (AvgIpc) is 2.25. The number of carbonyl (C=O) groups is 1. The summed E-state index contributed by atoms with van der Waals surface area (Å²) in [7, 11) is 0. The maximum Gasteiger partial charge on any atom is 0.302 e. The van der Waals surface area contributed by atoms with Crippen LogP contribution in [0.4, 0.5) is 0 Å². The lowest BCUT2D eigenvalue weighted by atomic mass is 10.2. The summed E-state index contributed by atoms with van der Waals surface area (Å²) >= 11 is 5.78. The third-order valence-electron chi connectivity index (χ3n) is 2.05. The van der Waals surface area contributed by atoms with Gasteiger partial charge >= 0.3 is 5.97 Å². The van der Waals surface area contributed by atoms with E-state index in [1.807, 2.05) is 24.3 Å². The molecular weight excluding hydrogens is 226 g/mol. The molecule has 0 heterocycles. The third kappa shape index (κ3) is 5.73. The van der Waals surface area contributed by atoms with Gasteiger partial charge in [0.15, 0.2) is 0 Å². The second-order valence-corrected chi connectivity index (χ2v) is 3.93. The van der Waals surface area contributed by atoms with Crippen molar-refractivity contribution in [3.63, 3.8) is 0 Å². The van der Waals surface area contributed by atoms with E-state index in [2.05, 4.69) is 5.32 Å². The fourth-order valence-electron chi connectivity index (χ4n) is 1.25. The average molecular weight is 242 g/mol. The Morgan fingerprint density at radius 3 is 2.69 bits per heavy atom. The molecule has 0 fully saturated rings. The second kappa shape index (κ2) is 7.25. The van der Waals surface area contributed by atoms with Crippen LogP contribution in [0.5, 0.6) is 0 Å². The largest absolute Gasteiger partial charge is 0.466 e. The van der Waals surface area contributed by atoms with E-state index in [4.69, 9.17) is 16.3 Å². The highest BCUT2D eigenvalue weighted by Gasteiger charge is 1.94. The highest BCUT2D eigenvalue weighted by Crippen LogP contribution is 2.08. The fourth-order valence-corrected chi connectivity index (χ4v) is 1.37. The van der Waals surface area contributed by atoms with Gasteiger partial charge in [-0.05, 0) is 30.7 Å². The van der Waals surface area contributed by atoms with Crippen LogP contribution in [0, 0.1) is 0 Å². The molecule has 1 rings (SSSR count). The zero-order valence-corrected chi connectivity index (χ0v) is 10.1. The molecule has 88 valence electrons. The Bertz CT molecular complexity index is 324. The van der Waals surface area contributed by atoms with Gasteiger partial charge in [-0.2, -0.15) is 0 Å². The predicted molar refractivity (Wildman–Crippen MR) is 64.4 cm³/mol. The lowest BCUT2D eigenvalue weighted by Crippen LogP contribution is -2.16. The molecule has 0 amide bonds. The second-order valence-electron chi connectivity index (χ2n) is 3.50. The normalized spacial score (nSPS) is 10.1. The third-order valence-corrected chi connectivity index (χ3v) is 2.30. The minimum atomic E-state index is -0.224. The van der Waals surface area contributed by atoms with Crippen molar-refractivity contribution < 1.29 is 9.53 Å². The van der Waals surface area contributed by atoms with E-state index in [0.29, 0.717) is 6.61 Å². The van der Waals surface area contributed by atoms with E-state index >= 15 is 0 Å². The zero-order valence-electron chi connectivity index (χ0n) is 9.33. The Hall–Kier alpha value is -1.06. The summed E-state index contributed by atoms with van der Waals surface area (Å²) in [5, 5.41) is 4.01. The van der Waals surface area contributed by atoms with E-state index in [9.17, 15) is 4.79 Å². The van der Waals surface area contributed by atoms with Crippen molar-refractivity contribution in [2.75, 3.05) is 13.2 Å². The van der Waals surface area contributed by atoms with Gasteiger partial charge in [0.05, 0.1) is 6.61 Å². The van der Waals surface area contributed by atoms with Crippen LogP contribution in [0.15, 0.2) is 24.3 Å². The summed E-state index contributed by atoms with van der Waals surface area (Å²) in [5.74, 6) is -0.224. The van der Waals surface area contributed by atoms with E-state index in [1.165, 1.54) is 12.5 Å². The number of hydrogen-bond donors (Lipinski definition) is 1. The first-order chi connectivity index (χ1) is 7.68. The van der Waals surface area contributed by atoms with Crippen molar-refractivity contribution >= 4 is 17.6 Å². The molecule has 0 aliphatic rings. The van der Waals surface area contributed by atoms with Crippen LogP contribution < -0.4 is 5.32 Å². The molecule has 1 N–H and O–H groups in total. The van der Waals surface area contributed by atoms with Crippen LogP contribution in [-0.4, -0.2) is 19.1 Å². The molecule has 1 aromatic carbocycles. The Labute approximate surface area is 101 Å². The van der Waals surface area contributed by atoms with Gasteiger partial charge in [-0.25, -0.2) is 0 Å². The number of esters is 1. The van der Waals surface area contributed by atoms with Crippen molar-refractivity contribution in [2.24, 2.45) is 0 Å². The van der Waals surface area contributed by atoms with Crippen LogP contribution in [0.1, 0.15) is 18.9 Å². The summed E-state index contributed by atoms with van der Waals surface area (Å²) in [6, 6.07) is 7.72. The molecule has 0 spiro atoms. The number of hydrogen-bond acceptors (Lipinski definition) is 3.